The molecular formula is C9H5ClN2O4. The van der Waals surface area contributed by atoms with Gasteiger partial charge in [0.25, 0.3) is 5.69 Å². The lowest BCUT2D eigenvalue weighted by Crippen LogP contribution is -2.07. The van der Waals surface area contributed by atoms with Crippen LogP contribution in [0.25, 0.3) is 0 Å². The van der Waals surface area contributed by atoms with Gasteiger partial charge in [0.2, 0.25) is 0 Å². The Morgan fingerprint density at radius 1 is 1.62 bits per heavy atom. The van der Waals surface area contributed by atoms with Gasteiger partial charge in [0, 0.05) is 6.07 Å². The number of methoxy groups -OCH3 is 1. The Labute approximate surface area is 95.2 Å². The van der Waals surface area contributed by atoms with E-state index in [9.17, 15) is 14.9 Å². The quantitative estimate of drug-likeness (QED) is 0.447. The zero-order valence-corrected chi connectivity index (χ0v) is 8.82. The molecule has 16 heavy (non-hydrogen) atoms. The van der Waals surface area contributed by atoms with Crippen LogP contribution in [0.3, 0.4) is 0 Å². The van der Waals surface area contributed by atoms with Gasteiger partial charge >= 0.3 is 5.97 Å². The van der Waals surface area contributed by atoms with Gasteiger partial charge in [-0.15, -0.1) is 0 Å². The first-order valence-corrected chi connectivity index (χ1v) is 4.36. The third-order valence-corrected chi connectivity index (χ3v) is 2.22. The van der Waals surface area contributed by atoms with Crippen LogP contribution in [-0.4, -0.2) is 18.0 Å². The molecule has 0 bridgehead atoms. The van der Waals surface area contributed by atoms with Gasteiger partial charge < -0.3 is 4.74 Å². The highest BCUT2D eigenvalue weighted by Crippen LogP contribution is 2.29. The summed E-state index contributed by atoms with van der Waals surface area (Å²) in [7, 11) is 1.07. The number of esters is 1. The molecule has 0 saturated heterocycles. The lowest BCUT2D eigenvalue weighted by Gasteiger charge is -2.04. The molecule has 0 atom stereocenters. The van der Waals surface area contributed by atoms with Crippen molar-refractivity contribution in [2.45, 2.75) is 0 Å². The molecular weight excluding hydrogens is 236 g/mol. The van der Waals surface area contributed by atoms with Crippen molar-refractivity contribution in [3.63, 3.8) is 0 Å². The van der Waals surface area contributed by atoms with E-state index in [1.807, 2.05) is 0 Å². The van der Waals surface area contributed by atoms with E-state index in [0.29, 0.717) is 0 Å². The minimum absolute atomic E-state index is 0.0207. The molecule has 0 amide bonds. The second-order valence-corrected chi connectivity index (χ2v) is 3.06. The van der Waals surface area contributed by atoms with Gasteiger partial charge in [0.05, 0.1) is 22.6 Å². The van der Waals surface area contributed by atoms with Gasteiger partial charge in [-0.2, -0.15) is 5.26 Å². The second-order valence-electron chi connectivity index (χ2n) is 2.68. The molecule has 0 aliphatic carbocycles. The van der Waals surface area contributed by atoms with Crippen LogP contribution in [0.15, 0.2) is 12.1 Å². The van der Waals surface area contributed by atoms with Crippen molar-refractivity contribution in [3.8, 4) is 6.07 Å². The van der Waals surface area contributed by atoms with Gasteiger partial charge in [-0.1, -0.05) is 11.6 Å². The van der Waals surface area contributed by atoms with Crippen molar-refractivity contribution in [2.24, 2.45) is 0 Å². The number of nitro benzene ring substituents is 1. The number of ether oxygens (including phenoxy) is 1. The standard InChI is InChI=1S/C9H5ClN2O4/c1-16-9(13)7-6(12(14)15)3-2-5(4-11)8(7)10/h2-3H,1H3. The summed E-state index contributed by atoms with van der Waals surface area (Å²) in [5, 5.41) is 19.0. The molecule has 0 fully saturated rings. The van der Waals surface area contributed by atoms with Crippen molar-refractivity contribution in [3.05, 3.63) is 38.4 Å². The highest BCUT2D eigenvalue weighted by atomic mass is 35.5. The normalized spacial score (nSPS) is 9.31. The number of nitrogens with zero attached hydrogens (tertiary/aromatic N) is 2. The summed E-state index contributed by atoms with van der Waals surface area (Å²) in [5.41, 5.74) is -0.920. The van der Waals surface area contributed by atoms with Gasteiger partial charge in [-0.25, -0.2) is 4.79 Å². The number of carbonyl (C=O) groups is 1. The SMILES string of the molecule is COC(=O)c1c([N+](=O)[O-])ccc(C#N)c1Cl. The topological polar surface area (TPSA) is 93.2 Å². The highest BCUT2D eigenvalue weighted by molar-refractivity contribution is 6.35. The summed E-state index contributed by atoms with van der Waals surface area (Å²) in [5.74, 6) is -0.950. The van der Waals surface area contributed by atoms with Gasteiger partial charge in [-0.05, 0) is 6.07 Å². The summed E-state index contributed by atoms with van der Waals surface area (Å²) in [6.07, 6.45) is 0. The molecule has 0 aromatic heterocycles. The summed E-state index contributed by atoms with van der Waals surface area (Å²) in [6.45, 7) is 0. The number of halogens is 1. The predicted molar refractivity (Wildman–Crippen MR) is 54.2 cm³/mol. The monoisotopic (exact) mass is 240 g/mol. The number of rotatable bonds is 2. The van der Waals surface area contributed by atoms with Crippen molar-refractivity contribution in [1.82, 2.24) is 0 Å². The molecule has 0 saturated carbocycles. The van der Waals surface area contributed by atoms with Crippen LogP contribution in [-0.2, 0) is 4.74 Å². The van der Waals surface area contributed by atoms with E-state index < -0.39 is 22.1 Å². The first-order valence-electron chi connectivity index (χ1n) is 3.98. The molecule has 0 N–H and O–H groups in total. The largest absolute Gasteiger partial charge is 0.465 e. The maximum atomic E-state index is 11.3. The number of benzene rings is 1. The van der Waals surface area contributed by atoms with E-state index in [-0.39, 0.29) is 10.6 Å². The van der Waals surface area contributed by atoms with Crippen LogP contribution in [0, 0.1) is 21.4 Å². The number of hydrogen-bond donors (Lipinski definition) is 0. The predicted octanol–water partition coefficient (Wildman–Crippen LogP) is 1.91. The van der Waals surface area contributed by atoms with Crippen LogP contribution < -0.4 is 0 Å². The van der Waals surface area contributed by atoms with E-state index in [4.69, 9.17) is 16.9 Å². The lowest BCUT2D eigenvalue weighted by molar-refractivity contribution is -0.385. The Hall–Kier alpha value is -2.13. The van der Waals surface area contributed by atoms with E-state index in [1.54, 1.807) is 6.07 Å². The van der Waals surface area contributed by atoms with Crippen LogP contribution >= 0.6 is 11.6 Å². The van der Waals surface area contributed by atoms with E-state index in [2.05, 4.69) is 4.74 Å². The maximum absolute atomic E-state index is 11.3. The third kappa shape index (κ3) is 1.94. The molecule has 0 spiro atoms. The van der Waals surface area contributed by atoms with Crippen LogP contribution in [0.5, 0.6) is 0 Å². The molecule has 0 radical (unpaired) electrons. The molecule has 0 aliphatic heterocycles. The fourth-order valence-corrected chi connectivity index (χ4v) is 1.38. The fraction of sp³-hybridized carbons (Fsp3) is 0.111. The van der Waals surface area contributed by atoms with Crippen molar-refractivity contribution in [2.75, 3.05) is 7.11 Å². The molecule has 6 nitrogen and oxygen atoms in total. The van der Waals surface area contributed by atoms with Crippen LogP contribution in [0.4, 0.5) is 5.69 Å². The van der Waals surface area contributed by atoms with Crippen molar-refractivity contribution >= 4 is 23.3 Å². The number of nitro groups is 1. The minimum Gasteiger partial charge on any atom is -0.465 e. The van der Waals surface area contributed by atoms with Crippen LogP contribution in [0.2, 0.25) is 5.02 Å². The molecule has 82 valence electrons. The zero-order valence-electron chi connectivity index (χ0n) is 8.06. The Balaban J connectivity index is 3.56. The highest BCUT2D eigenvalue weighted by Gasteiger charge is 2.26. The third-order valence-electron chi connectivity index (χ3n) is 1.83. The zero-order chi connectivity index (χ0) is 12.3. The average Bonchev–Trinajstić information content (AvgIpc) is 2.27. The molecule has 0 heterocycles. The summed E-state index contributed by atoms with van der Waals surface area (Å²) >= 11 is 5.70. The molecule has 1 aromatic carbocycles. The summed E-state index contributed by atoms with van der Waals surface area (Å²) in [6, 6.07) is 3.93. The summed E-state index contributed by atoms with van der Waals surface area (Å²) in [4.78, 5) is 21.2. The first kappa shape index (κ1) is 11.9. The number of carbonyl (C=O) groups excluding carboxylic acids is 1. The second kappa shape index (κ2) is 4.59. The molecule has 1 aromatic rings. The average molecular weight is 241 g/mol. The molecule has 1 rings (SSSR count). The Morgan fingerprint density at radius 3 is 2.69 bits per heavy atom. The van der Waals surface area contributed by atoms with E-state index in [0.717, 1.165) is 13.2 Å². The van der Waals surface area contributed by atoms with Gasteiger partial charge in [0.1, 0.15) is 6.07 Å². The van der Waals surface area contributed by atoms with Crippen LogP contribution in [0.1, 0.15) is 15.9 Å². The van der Waals surface area contributed by atoms with Gasteiger partial charge in [-0.3, -0.25) is 10.1 Å². The molecule has 7 heteroatoms. The summed E-state index contributed by atoms with van der Waals surface area (Å²) < 4.78 is 4.37. The maximum Gasteiger partial charge on any atom is 0.346 e. The Bertz CT molecular complexity index is 507. The van der Waals surface area contributed by atoms with Gasteiger partial charge in [0.15, 0.2) is 5.56 Å². The Kier molecular flexibility index (Phi) is 3.43. The fourth-order valence-electron chi connectivity index (χ4n) is 1.10. The Morgan fingerprint density at radius 2 is 2.25 bits per heavy atom. The molecule has 0 aliphatic rings. The number of nitriles is 1. The van der Waals surface area contributed by atoms with E-state index in [1.165, 1.54) is 6.07 Å². The lowest BCUT2D eigenvalue weighted by atomic mass is 10.1. The van der Waals surface area contributed by atoms with Crippen molar-refractivity contribution < 1.29 is 14.5 Å². The minimum atomic E-state index is -0.950. The van der Waals surface area contributed by atoms with Crippen molar-refractivity contribution in [1.29, 1.82) is 5.26 Å². The first-order chi connectivity index (χ1) is 7.52. The van der Waals surface area contributed by atoms with E-state index >= 15 is 0 Å². The number of hydrogen-bond acceptors (Lipinski definition) is 5. The molecule has 0 unspecified atom stereocenters. The smallest absolute Gasteiger partial charge is 0.346 e.